The van der Waals surface area contributed by atoms with Crippen LogP contribution < -0.4 is 10.2 Å². The van der Waals surface area contributed by atoms with Crippen molar-refractivity contribution in [3.63, 3.8) is 0 Å². The van der Waals surface area contributed by atoms with E-state index in [2.05, 4.69) is 15.3 Å². The number of amides is 1. The number of rotatable bonds is 4. The molecule has 84 valence electrons. The van der Waals surface area contributed by atoms with Crippen molar-refractivity contribution in [1.29, 1.82) is 0 Å². The molecule has 2 N–H and O–H groups in total. The Labute approximate surface area is 93.5 Å². The number of fused-ring (bicyclic) bond motifs is 1. The molecule has 0 aliphatic carbocycles. The maximum absolute atomic E-state index is 11.0. The Kier molecular flexibility index (Phi) is 2.76. The number of carbonyl (C=O) groups is 1. The number of anilines is 2. The Balaban J connectivity index is 2.69. The minimum absolute atomic E-state index is 0.627. The van der Waals surface area contributed by atoms with Gasteiger partial charge in [-0.15, -0.1) is 0 Å². The maximum atomic E-state index is 11.0. The lowest BCUT2D eigenvalue weighted by Crippen LogP contribution is -2.21. The molecule has 2 heterocycles. The van der Waals surface area contributed by atoms with E-state index >= 15 is 0 Å². The number of carbonyl (C=O) groups excluding carboxylic acids is 1. The molecule has 0 atom stereocenters. The second-order valence-electron chi connectivity index (χ2n) is 3.40. The predicted molar refractivity (Wildman–Crippen MR) is 64.7 cm³/mol. The van der Waals surface area contributed by atoms with E-state index in [1.165, 1.54) is 0 Å². The van der Waals surface area contributed by atoms with Crippen molar-refractivity contribution >= 4 is 28.8 Å². The molecule has 0 saturated carbocycles. The Morgan fingerprint density at radius 3 is 3.06 bits per heavy atom. The molecule has 16 heavy (non-hydrogen) atoms. The molecular formula is C11H14N4O. The molecule has 2 aromatic rings. The summed E-state index contributed by atoms with van der Waals surface area (Å²) in [6, 6.07) is 1.92. The largest absolute Gasteiger partial charge is 0.385 e. The summed E-state index contributed by atoms with van der Waals surface area (Å²) in [6.45, 7) is 2.56. The highest BCUT2D eigenvalue weighted by Crippen LogP contribution is 2.31. The van der Waals surface area contributed by atoms with Gasteiger partial charge in [-0.05, 0) is 13.0 Å². The minimum Gasteiger partial charge on any atom is -0.385 e. The topological polar surface area (TPSA) is 61.0 Å². The third kappa shape index (κ3) is 1.50. The van der Waals surface area contributed by atoms with E-state index in [-0.39, 0.29) is 0 Å². The van der Waals surface area contributed by atoms with Gasteiger partial charge >= 0.3 is 0 Å². The summed E-state index contributed by atoms with van der Waals surface area (Å²) in [7, 11) is 1.82. The zero-order valence-corrected chi connectivity index (χ0v) is 9.32. The summed E-state index contributed by atoms with van der Waals surface area (Å²) in [4.78, 5) is 20.0. The molecule has 5 nitrogen and oxygen atoms in total. The van der Waals surface area contributed by atoms with Crippen LogP contribution in [0.15, 0.2) is 18.5 Å². The molecule has 0 unspecified atom stereocenters. The number of hydrogen-bond acceptors (Lipinski definition) is 3. The van der Waals surface area contributed by atoms with E-state index < -0.39 is 0 Å². The number of hydrogen-bond donors (Lipinski definition) is 2. The highest BCUT2D eigenvalue weighted by molar-refractivity contribution is 6.01. The standard InChI is InChI=1S/C11H14N4O/c1-3-15(7-16)10-8-4-5-13-11(8)14-6-9(10)12-2/h4-7,12H,3H2,1-2H3,(H,13,14). The van der Waals surface area contributed by atoms with Crippen LogP contribution in [0.3, 0.4) is 0 Å². The smallest absolute Gasteiger partial charge is 0.214 e. The van der Waals surface area contributed by atoms with Gasteiger partial charge in [0.15, 0.2) is 0 Å². The molecule has 0 aliphatic rings. The van der Waals surface area contributed by atoms with E-state index in [1.807, 2.05) is 26.2 Å². The zero-order chi connectivity index (χ0) is 11.5. The van der Waals surface area contributed by atoms with Gasteiger partial charge in [0.05, 0.1) is 17.6 Å². The zero-order valence-electron chi connectivity index (χ0n) is 9.32. The maximum Gasteiger partial charge on any atom is 0.214 e. The van der Waals surface area contributed by atoms with Gasteiger partial charge in [0.1, 0.15) is 5.65 Å². The number of aromatic amines is 1. The summed E-state index contributed by atoms with van der Waals surface area (Å²) in [5.74, 6) is 0. The first kappa shape index (κ1) is 10.5. The summed E-state index contributed by atoms with van der Waals surface area (Å²) < 4.78 is 0. The summed E-state index contributed by atoms with van der Waals surface area (Å²) in [6.07, 6.45) is 4.38. The van der Waals surface area contributed by atoms with E-state index in [4.69, 9.17) is 0 Å². The normalized spacial score (nSPS) is 10.4. The molecule has 0 aliphatic heterocycles. The van der Waals surface area contributed by atoms with Crippen molar-refractivity contribution in [3.8, 4) is 0 Å². The first-order valence-corrected chi connectivity index (χ1v) is 5.17. The third-order valence-corrected chi connectivity index (χ3v) is 2.58. The van der Waals surface area contributed by atoms with Gasteiger partial charge in [0.2, 0.25) is 6.41 Å². The highest BCUT2D eigenvalue weighted by atomic mass is 16.1. The lowest BCUT2D eigenvalue weighted by Gasteiger charge is -2.19. The molecule has 0 bridgehead atoms. The lowest BCUT2D eigenvalue weighted by molar-refractivity contribution is -0.107. The molecule has 5 heteroatoms. The van der Waals surface area contributed by atoms with Crippen molar-refractivity contribution in [2.24, 2.45) is 0 Å². The van der Waals surface area contributed by atoms with Gasteiger partial charge < -0.3 is 15.2 Å². The quantitative estimate of drug-likeness (QED) is 0.766. The summed E-state index contributed by atoms with van der Waals surface area (Å²) >= 11 is 0. The fourth-order valence-electron chi connectivity index (χ4n) is 1.77. The Hall–Kier alpha value is -2.04. The van der Waals surface area contributed by atoms with Gasteiger partial charge in [0, 0.05) is 25.2 Å². The second kappa shape index (κ2) is 4.22. The van der Waals surface area contributed by atoms with Crippen molar-refractivity contribution in [2.45, 2.75) is 6.92 Å². The van der Waals surface area contributed by atoms with Crippen LogP contribution in [-0.2, 0) is 4.79 Å². The average Bonchev–Trinajstić information content (AvgIpc) is 2.79. The fraction of sp³-hybridized carbons (Fsp3) is 0.273. The van der Waals surface area contributed by atoms with E-state index in [0.717, 1.165) is 28.8 Å². The van der Waals surface area contributed by atoms with E-state index in [1.54, 1.807) is 11.1 Å². The molecule has 2 aromatic heterocycles. The summed E-state index contributed by atoms with van der Waals surface area (Å²) in [5, 5.41) is 3.99. The fourth-order valence-corrected chi connectivity index (χ4v) is 1.77. The number of pyridine rings is 1. The van der Waals surface area contributed by atoms with Crippen LogP contribution in [0.1, 0.15) is 6.92 Å². The van der Waals surface area contributed by atoms with Crippen LogP contribution in [0.5, 0.6) is 0 Å². The first-order chi connectivity index (χ1) is 7.81. The molecule has 0 saturated heterocycles. The second-order valence-corrected chi connectivity index (χ2v) is 3.40. The highest BCUT2D eigenvalue weighted by Gasteiger charge is 2.13. The van der Waals surface area contributed by atoms with Crippen LogP contribution in [0.25, 0.3) is 11.0 Å². The molecule has 0 aromatic carbocycles. The van der Waals surface area contributed by atoms with Gasteiger partial charge in [-0.3, -0.25) is 4.79 Å². The number of H-pyrrole nitrogens is 1. The monoisotopic (exact) mass is 218 g/mol. The van der Waals surface area contributed by atoms with Gasteiger partial charge in [-0.25, -0.2) is 4.98 Å². The van der Waals surface area contributed by atoms with Crippen LogP contribution in [-0.4, -0.2) is 30.0 Å². The minimum atomic E-state index is 0.627. The molecule has 0 fully saturated rings. The number of nitrogens with zero attached hydrogens (tertiary/aromatic N) is 2. The molecule has 0 radical (unpaired) electrons. The molecule has 1 amide bonds. The first-order valence-electron chi connectivity index (χ1n) is 5.17. The molecule has 0 spiro atoms. The van der Waals surface area contributed by atoms with Gasteiger partial charge in [-0.2, -0.15) is 0 Å². The van der Waals surface area contributed by atoms with Crippen molar-refractivity contribution < 1.29 is 4.79 Å². The van der Waals surface area contributed by atoms with Crippen LogP contribution in [0.4, 0.5) is 11.4 Å². The SMILES string of the molecule is CCN(C=O)c1c(NC)cnc2[nH]ccc12. The Morgan fingerprint density at radius 2 is 2.44 bits per heavy atom. The average molecular weight is 218 g/mol. The molecule has 2 rings (SSSR count). The van der Waals surface area contributed by atoms with Gasteiger partial charge in [0.25, 0.3) is 0 Å². The van der Waals surface area contributed by atoms with Crippen LogP contribution in [0.2, 0.25) is 0 Å². The molecular weight excluding hydrogens is 204 g/mol. The predicted octanol–water partition coefficient (Wildman–Crippen LogP) is 1.59. The van der Waals surface area contributed by atoms with Crippen molar-refractivity contribution in [3.05, 3.63) is 18.5 Å². The van der Waals surface area contributed by atoms with Gasteiger partial charge in [-0.1, -0.05) is 0 Å². The Morgan fingerprint density at radius 1 is 1.62 bits per heavy atom. The number of aromatic nitrogens is 2. The number of nitrogens with one attached hydrogen (secondary N) is 2. The third-order valence-electron chi connectivity index (χ3n) is 2.58. The van der Waals surface area contributed by atoms with Crippen molar-refractivity contribution in [2.75, 3.05) is 23.8 Å². The van der Waals surface area contributed by atoms with E-state index in [9.17, 15) is 4.79 Å². The lowest BCUT2D eigenvalue weighted by atomic mass is 10.2. The Bertz CT molecular complexity index is 506. The van der Waals surface area contributed by atoms with Crippen molar-refractivity contribution in [1.82, 2.24) is 9.97 Å². The van der Waals surface area contributed by atoms with Crippen LogP contribution >= 0.6 is 0 Å². The summed E-state index contributed by atoms with van der Waals surface area (Å²) in [5.41, 5.74) is 2.50. The van der Waals surface area contributed by atoms with E-state index in [0.29, 0.717) is 6.54 Å². The van der Waals surface area contributed by atoms with Crippen LogP contribution in [0, 0.1) is 0 Å².